The number of hydrogen-bond acceptors (Lipinski definition) is 3. The topological polar surface area (TPSA) is 41.6 Å². The average molecular weight is 262 g/mol. The highest BCUT2D eigenvalue weighted by Gasteiger charge is 2.19. The Morgan fingerprint density at radius 2 is 2.21 bits per heavy atom. The molecule has 0 aromatic heterocycles. The van der Waals surface area contributed by atoms with Gasteiger partial charge in [-0.25, -0.2) is 0 Å². The molecule has 1 aliphatic rings. The Morgan fingerprint density at radius 3 is 2.95 bits per heavy atom. The van der Waals surface area contributed by atoms with Crippen molar-refractivity contribution in [1.29, 1.82) is 0 Å². The zero-order valence-electron chi connectivity index (χ0n) is 11.7. The van der Waals surface area contributed by atoms with E-state index in [0.717, 1.165) is 42.9 Å². The zero-order chi connectivity index (χ0) is 13.7. The number of amides is 1. The first-order valence-electron chi connectivity index (χ1n) is 6.94. The van der Waals surface area contributed by atoms with Crippen molar-refractivity contribution in [2.24, 2.45) is 0 Å². The van der Waals surface area contributed by atoms with Crippen molar-refractivity contribution in [3.05, 3.63) is 29.3 Å². The minimum absolute atomic E-state index is 0.117. The van der Waals surface area contributed by atoms with Gasteiger partial charge >= 0.3 is 0 Å². The molecule has 1 saturated heterocycles. The van der Waals surface area contributed by atoms with Gasteiger partial charge in [-0.2, -0.15) is 0 Å². The van der Waals surface area contributed by atoms with Gasteiger partial charge < -0.3 is 15.0 Å². The first-order valence-corrected chi connectivity index (χ1v) is 6.94. The smallest absolute Gasteiger partial charge is 0.254 e. The van der Waals surface area contributed by atoms with Crippen LogP contribution in [-0.2, 0) is 4.74 Å². The summed E-state index contributed by atoms with van der Waals surface area (Å²) >= 11 is 0. The van der Waals surface area contributed by atoms with Crippen LogP contribution in [0.25, 0.3) is 0 Å². The van der Waals surface area contributed by atoms with E-state index in [1.54, 1.807) is 0 Å². The van der Waals surface area contributed by atoms with Crippen LogP contribution in [0.2, 0.25) is 0 Å². The number of ether oxygens (including phenoxy) is 1. The Hall–Kier alpha value is -1.55. The molecule has 0 saturated carbocycles. The van der Waals surface area contributed by atoms with E-state index in [-0.39, 0.29) is 5.91 Å². The van der Waals surface area contributed by atoms with Crippen molar-refractivity contribution in [3.8, 4) is 0 Å². The molecular formula is C15H22N2O2. The quantitative estimate of drug-likeness (QED) is 0.908. The van der Waals surface area contributed by atoms with Gasteiger partial charge in [-0.05, 0) is 44.0 Å². The molecule has 1 heterocycles. The summed E-state index contributed by atoms with van der Waals surface area (Å²) in [5, 5.41) is 3.26. The molecule has 1 N–H and O–H groups in total. The lowest BCUT2D eigenvalue weighted by molar-refractivity contribution is 0.0740. The molecule has 4 heteroatoms. The van der Waals surface area contributed by atoms with Crippen LogP contribution in [0.1, 0.15) is 29.3 Å². The molecule has 1 aromatic carbocycles. The first kappa shape index (κ1) is 13.9. The van der Waals surface area contributed by atoms with Gasteiger partial charge in [0.15, 0.2) is 0 Å². The van der Waals surface area contributed by atoms with E-state index < -0.39 is 0 Å². The summed E-state index contributed by atoms with van der Waals surface area (Å²) < 4.78 is 5.39. The largest absolute Gasteiger partial charge is 0.385 e. The predicted molar refractivity (Wildman–Crippen MR) is 76.7 cm³/mol. The van der Waals surface area contributed by atoms with E-state index in [9.17, 15) is 4.79 Å². The number of anilines is 1. The summed E-state index contributed by atoms with van der Waals surface area (Å²) in [5.41, 5.74) is 2.88. The molecule has 2 rings (SSSR count). The molecule has 4 nitrogen and oxygen atoms in total. The molecule has 0 radical (unpaired) electrons. The summed E-state index contributed by atoms with van der Waals surface area (Å²) in [6.45, 7) is 7.80. The van der Waals surface area contributed by atoms with Crippen LogP contribution >= 0.6 is 0 Å². The summed E-state index contributed by atoms with van der Waals surface area (Å²) in [7, 11) is 0. The molecule has 0 spiro atoms. The molecule has 1 amide bonds. The highest BCUT2D eigenvalue weighted by molar-refractivity contribution is 5.96. The van der Waals surface area contributed by atoms with Crippen LogP contribution < -0.4 is 5.32 Å². The molecular weight excluding hydrogens is 240 g/mol. The van der Waals surface area contributed by atoms with Crippen molar-refractivity contribution in [1.82, 2.24) is 4.90 Å². The number of benzene rings is 1. The zero-order valence-corrected chi connectivity index (χ0v) is 11.7. The van der Waals surface area contributed by atoms with Gasteiger partial charge in [-0.1, -0.05) is 0 Å². The summed E-state index contributed by atoms with van der Waals surface area (Å²) in [6, 6.07) is 5.92. The summed E-state index contributed by atoms with van der Waals surface area (Å²) in [6.07, 6.45) is 0.917. The molecule has 0 atom stereocenters. The summed E-state index contributed by atoms with van der Waals surface area (Å²) in [4.78, 5) is 14.4. The molecule has 1 aliphatic heterocycles. The number of carbonyl (C=O) groups excluding carboxylic acids is 1. The number of aryl methyl sites for hydroxylation is 1. The standard InChI is InChI=1S/C15H22N2O2/c1-3-16-13-5-6-14(12(2)11-13)15(18)17-7-4-9-19-10-8-17/h5-6,11,16H,3-4,7-10H2,1-2H3. The Labute approximate surface area is 114 Å². The lowest BCUT2D eigenvalue weighted by Crippen LogP contribution is -2.33. The van der Waals surface area contributed by atoms with Crippen molar-refractivity contribution in [3.63, 3.8) is 0 Å². The number of hydrogen-bond donors (Lipinski definition) is 1. The van der Waals surface area contributed by atoms with Crippen LogP contribution in [0.15, 0.2) is 18.2 Å². The van der Waals surface area contributed by atoms with Crippen LogP contribution in [0.5, 0.6) is 0 Å². The van der Waals surface area contributed by atoms with E-state index >= 15 is 0 Å². The summed E-state index contributed by atoms with van der Waals surface area (Å²) in [5.74, 6) is 0.117. The van der Waals surface area contributed by atoms with Crippen molar-refractivity contribution >= 4 is 11.6 Å². The molecule has 0 aliphatic carbocycles. The van der Waals surface area contributed by atoms with Gasteiger partial charge in [0.05, 0.1) is 6.61 Å². The number of nitrogens with zero attached hydrogens (tertiary/aromatic N) is 1. The van der Waals surface area contributed by atoms with E-state index in [4.69, 9.17) is 4.74 Å². The second-order valence-corrected chi connectivity index (χ2v) is 4.82. The predicted octanol–water partition coefficient (Wildman–Crippen LogP) is 2.29. The monoisotopic (exact) mass is 262 g/mol. The molecule has 1 aromatic rings. The molecule has 0 bridgehead atoms. The van der Waals surface area contributed by atoms with E-state index in [0.29, 0.717) is 13.2 Å². The van der Waals surface area contributed by atoms with Crippen molar-refractivity contribution in [2.75, 3.05) is 38.2 Å². The SMILES string of the molecule is CCNc1ccc(C(=O)N2CCCOCC2)c(C)c1. The van der Waals surface area contributed by atoms with E-state index in [2.05, 4.69) is 12.2 Å². The lowest BCUT2D eigenvalue weighted by atomic mass is 10.1. The second-order valence-electron chi connectivity index (χ2n) is 4.82. The van der Waals surface area contributed by atoms with Gasteiger partial charge in [-0.3, -0.25) is 4.79 Å². The second kappa shape index (κ2) is 6.57. The minimum Gasteiger partial charge on any atom is -0.385 e. The van der Waals surface area contributed by atoms with Gasteiger partial charge in [-0.15, -0.1) is 0 Å². The van der Waals surface area contributed by atoms with Gasteiger partial charge in [0.1, 0.15) is 0 Å². The van der Waals surface area contributed by atoms with Crippen LogP contribution in [0, 0.1) is 6.92 Å². The van der Waals surface area contributed by atoms with E-state index in [1.807, 2.05) is 30.0 Å². The minimum atomic E-state index is 0.117. The Morgan fingerprint density at radius 1 is 1.37 bits per heavy atom. The number of carbonyl (C=O) groups is 1. The maximum absolute atomic E-state index is 12.5. The third-order valence-electron chi connectivity index (χ3n) is 3.35. The van der Waals surface area contributed by atoms with Crippen LogP contribution in [0.3, 0.4) is 0 Å². The van der Waals surface area contributed by atoms with Gasteiger partial charge in [0.25, 0.3) is 5.91 Å². The fraction of sp³-hybridized carbons (Fsp3) is 0.533. The van der Waals surface area contributed by atoms with E-state index in [1.165, 1.54) is 0 Å². The first-order chi connectivity index (χ1) is 9.22. The molecule has 1 fully saturated rings. The van der Waals surface area contributed by atoms with Crippen LogP contribution in [0.4, 0.5) is 5.69 Å². The Kier molecular flexibility index (Phi) is 4.80. The van der Waals surface area contributed by atoms with Crippen LogP contribution in [-0.4, -0.2) is 43.7 Å². The third-order valence-corrected chi connectivity index (χ3v) is 3.35. The normalized spacial score (nSPS) is 16.0. The number of nitrogens with one attached hydrogen (secondary N) is 1. The fourth-order valence-electron chi connectivity index (χ4n) is 2.34. The maximum atomic E-state index is 12.5. The molecule has 19 heavy (non-hydrogen) atoms. The van der Waals surface area contributed by atoms with Crippen molar-refractivity contribution in [2.45, 2.75) is 20.3 Å². The van der Waals surface area contributed by atoms with Crippen molar-refractivity contribution < 1.29 is 9.53 Å². The van der Waals surface area contributed by atoms with Gasteiger partial charge in [0.2, 0.25) is 0 Å². The highest BCUT2D eigenvalue weighted by Crippen LogP contribution is 2.17. The van der Waals surface area contributed by atoms with Gasteiger partial charge in [0, 0.05) is 37.5 Å². The molecule has 0 unspecified atom stereocenters. The third kappa shape index (κ3) is 3.47. The Bertz CT molecular complexity index is 438. The highest BCUT2D eigenvalue weighted by atomic mass is 16.5. The maximum Gasteiger partial charge on any atom is 0.254 e. The average Bonchev–Trinajstić information content (AvgIpc) is 2.67. The lowest BCUT2D eigenvalue weighted by Gasteiger charge is -2.21. The number of rotatable bonds is 3. The molecule has 104 valence electrons. The fourth-order valence-corrected chi connectivity index (χ4v) is 2.34. The Balaban J connectivity index is 2.13.